The lowest BCUT2D eigenvalue weighted by Crippen LogP contribution is -2.56. The van der Waals surface area contributed by atoms with E-state index in [0.29, 0.717) is 44.4 Å². The first-order valence-corrected chi connectivity index (χ1v) is 14.9. The molecule has 2 aliphatic rings. The first kappa shape index (κ1) is 31.7. The lowest BCUT2D eigenvalue weighted by Gasteiger charge is -2.36. The predicted molar refractivity (Wildman–Crippen MR) is 158 cm³/mol. The minimum atomic E-state index is -1.10. The third kappa shape index (κ3) is 9.11. The van der Waals surface area contributed by atoms with Crippen LogP contribution in [0, 0.1) is 0 Å². The molecule has 3 heterocycles. The Morgan fingerprint density at radius 2 is 1.67 bits per heavy atom. The standard InChI is InChI=1S/C30H40N6O7/c1-2-3-7-18-43-30(41)36-14-12-35(13-15-36)29(40)23(10-11-26(37)38)32-28(39)27-31-24(22-8-5-4-6-9-22)21-25(33-27)34-16-19-42-20-17-34/h4-6,8-9,21,23H,2-3,7,10-20H2,1H3,(H,32,39)(H,37,38)/t23-/m0/s1. The van der Waals surface area contributed by atoms with Gasteiger partial charge in [-0.05, 0) is 12.8 Å². The van der Waals surface area contributed by atoms with Gasteiger partial charge in [0, 0.05) is 57.3 Å². The van der Waals surface area contributed by atoms with Gasteiger partial charge in [0.1, 0.15) is 11.9 Å². The quantitative estimate of drug-likeness (QED) is 0.349. The number of carbonyl (C=O) groups is 4. The molecular weight excluding hydrogens is 556 g/mol. The number of carbonyl (C=O) groups excluding carboxylic acids is 3. The van der Waals surface area contributed by atoms with E-state index in [4.69, 9.17) is 9.47 Å². The zero-order valence-electron chi connectivity index (χ0n) is 24.6. The molecule has 0 aliphatic carbocycles. The molecular formula is C30H40N6O7. The van der Waals surface area contributed by atoms with E-state index >= 15 is 0 Å². The van der Waals surface area contributed by atoms with Crippen LogP contribution in [-0.2, 0) is 19.1 Å². The van der Waals surface area contributed by atoms with Crippen molar-refractivity contribution < 1.29 is 33.8 Å². The largest absolute Gasteiger partial charge is 0.481 e. The van der Waals surface area contributed by atoms with Crippen LogP contribution >= 0.6 is 0 Å². The van der Waals surface area contributed by atoms with Gasteiger partial charge in [-0.1, -0.05) is 50.1 Å². The van der Waals surface area contributed by atoms with Crippen molar-refractivity contribution in [1.29, 1.82) is 0 Å². The average molecular weight is 597 g/mol. The molecule has 2 aliphatic heterocycles. The topological polar surface area (TPSA) is 154 Å². The fraction of sp³-hybridized carbons (Fsp3) is 0.533. The number of unbranched alkanes of at least 4 members (excludes halogenated alkanes) is 2. The van der Waals surface area contributed by atoms with E-state index in [1.807, 2.05) is 41.3 Å². The number of aliphatic carboxylic acids is 1. The molecule has 2 saturated heterocycles. The van der Waals surface area contributed by atoms with Crippen molar-refractivity contribution in [2.45, 2.75) is 45.1 Å². The summed E-state index contributed by atoms with van der Waals surface area (Å²) in [4.78, 5) is 64.9. The van der Waals surface area contributed by atoms with Crippen molar-refractivity contribution in [3.63, 3.8) is 0 Å². The maximum absolute atomic E-state index is 13.5. The van der Waals surface area contributed by atoms with E-state index in [2.05, 4.69) is 22.2 Å². The Morgan fingerprint density at radius 3 is 2.35 bits per heavy atom. The fourth-order valence-corrected chi connectivity index (χ4v) is 4.93. The Hall–Kier alpha value is -4.26. The zero-order valence-corrected chi connectivity index (χ0v) is 24.6. The van der Waals surface area contributed by atoms with Crippen LogP contribution in [0.25, 0.3) is 11.3 Å². The lowest BCUT2D eigenvalue weighted by molar-refractivity contribution is -0.138. The normalized spacial score (nSPS) is 16.0. The molecule has 232 valence electrons. The third-order valence-corrected chi connectivity index (χ3v) is 7.39. The number of morpholine rings is 1. The molecule has 1 atom stereocenters. The van der Waals surface area contributed by atoms with Crippen LogP contribution in [0.15, 0.2) is 36.4 Å². The van der Waals surface area contributed by atoms with E-state index in [1.54, 1.807) is 4.90 Å². The van der Waals surface area contributed by atoms with Gasteiger partial charge in [0.15, 0.2) is 0 Å². The smallest absolute Gasteiger partial charge is 0.409 e. The number of rotatable bonds is 12. The Bertz CT molecular complexity index is 1250. The van der Waals surface area contributed by atoms with Crippen LogP contribution in [0.5, 0.6) is 0 Å². The molecule has 0 unspecified atom stereocenters. The Kier molecular flexibility index (Phi) is 11.7. The summed E-state index contributed by atoms with van der Waals surface area (Å²) in [6.45, 7) is 5.73. The Labute approximate surface area is 251 Å². The fourth-order valence-electron chi connectivity index (χ4n) is 4.93. The molecule has 13 nitrogen and oxygen atoms in total. The van der Waals surface area contributed by atoms with Crippen molar-refractivity contribution in [3.05, 3.63) is 42.2 Å². The van der Waals surface area contributed by atoms with Crippen LogP contribution in [0.3, 0.4) is 0 Å². The van der Waals surface area contributed by atoms with Gasteiger partial charge >= 0.3 is 12.1 Å². The van der Waals surface area contributed by atoms with Gasteiger partial charge in [0.25, 0.3) is 5.91 Å². The number of anilines is 1. The van der Waals surface area contributed by atoms with Gasteiger partial charge in [0.05, 0.1) is 25.5 Å². The van der Waals surface area contributed by atoms with Gasteiger partial charge < -0.3 is 34.6 Å². The van der Waals surface area contributed by atoms with Crippen LogP contribution < -0.4 is 10.2 Å². The van der Waals surface area contributed by atoms with Crippen LogP contribution in [0.2, 0.25) is 0 Å². The van der Waals surface area contributed by atoms with Crippen molar-refractivity contribution in [3.8, 4) is 11.3 Å². The number of ether oxygens (including phenoxy) is 2. The van der Waals surface area contributed by atoms with Crippen molar-refractivity contribution >= 4 is 29.7 Å². The molecule has 0 radical (unpaired) electrons. The molecule has 13 heteroatoms. The number of amides is 3. The highest BCUT2D eigenvalue weighted by Gasteiger charge is 2.32. The van der Waals surface area contributed by atoms with E-state index in [1.165, 1.54) is 4.90 Å². The number of nitrogens with zero attached hydrogens (tertiary/aromatic N) is 5. The minimum absolute atomic E-state index is 0.103. The highest BCUT2D eigenvalue weighted by molar-refractivity contribution is 5.95. The van der Waals surface area contributed by atoms with Crippen LogP contribution in [-0.4, -0.2) is 114 Å². The number of hydrogen-bond donors (Lipinski definition) is 2. The maximum atomic E-state index is 13.5. The molecule has 2 aromatic rings. The monoisotopic (exact) mass is 596 g/mol. The number of benzene rings is 1. The van der Waals surface area contributed by atoms with Crippen molar-refractivity contribution in [2.75, 3.05) is 64.0 Å². The van der Waals surface area contributed by atoms with Crippen molar-refractivity contribution in [2.24, 2.45) is 0 Å². The number of carboxylic acid groups (broad SMARTS) is 1. The molecule has 2 fully saturated rings. The van der Waals surface area contributed by atoms with Crippen molar-refractivity contribution in [1.82, 2.24) is 25.1 Å². The average Bonchev–Trinajstić information content (AvgIpc) is 3.05. The van der Waals surface area contributed by atoms with Crippen LogP contribution in [0.1, 0.15) is 49.6 Å². The molecule has 3 amide bonds. The summed E-state index contributed by atoms with van der Waals surface area (Å²) in [6.07, 6.45) is 1.98. The SMILES string of the molecule is CCCCCOC(=O)N1CCN(C(=O)[C@H](CCC(=O)O)NC(=O)c2nc(-c3ccccc3)cc(N3CCOCC3)n2)CC1. The first-order valence-electron chi connectivity index (χ1n) is 14.9. The first-order chi connectivity index (χ1) is 20.9. The van der Waals surface area contributed by atoms with Gasteiger partial charge in [-0.3, -0.25) is 14.4 Å². The zero-order chi connectivity index (χ0) is 30.6. The third-order valence-electron chi connectivity index (χ3n) is 7.39. The van der Waals surface area contributed by atoms with E-state index in [0.717, 1.165) is 24.8 Å². The molecule has 2 N–H and O–H groups in total. The van der Waals surface area contributed by atoms with Gasteiger partial charge in [-0.25, -0.2) is 14.8 Å². The molecule has 1 aromatic heterocycles. The van der Waals surface area contributed by atoms with E-state index in [-0.39, 0.29) is 44.8 Å². The summed E-state index contributed by atoms with van der Waals surface area (Å²) in [5, 5.41) is 12.0. The highest BCUT2D eigenvalue weighted by atomic mass is 16.6. The molecule has 43 heavy (non-hydrogen) atoms. The van der Waals surface area contributed by atoms with Gasteiger partial charge in [-0.2, -0.15) is 0 Å². The molecule has 0 bridgehead atoms. The second-order valence-electron chi connectivity index (χ2n) is 10.5. The summed E-state index contributed by atoms with van der Waals surface area (Å²) in [7, 11) is 0. The second kappa shape index (κ2) is 15.8. The molecule has 4 rings (SSSR count). The van der Waals surface area contributed by atoms with Crippen LogP contribution in [0.4, 0.5) is 10.6 Å². The predicted octanol–water partition coefficient (Wildman–Crippen LogP) is 2.41. The summed E-state index contributed by atoms with van der Waals surface area (Å²) in [5.74, 6) is -1.73. The molecule has 0 spiro atoms. The molecule has 0 saturated carbocycles. The number of piperazine rings is 1. The maximum Gasteiger partial charge on any atom is 0.409 e. The summed E-state index contributed by atoms with van der Waals surface area (Å²) < 4.78 is 10.8. The number of hydrogen-bond acceptors (Lipinski definition) is 9. The Balaban J connectivity index is 1.47. The second-order valence-corrected chi connectivity index (χ2v) is 10.5. The van der Waals surface area contributed by atoms with Gasteiger partial charge in [0.2, 0.25) is 11.7 Å². The lowest BCUT2D eigenvalue weighted by atomic mass is 10.1. The summed E-state index contributed by atoms with van der Waals surface area (Å²) >= 11 is 0. The Morgan fingerprint density at radius 1 is 0.977 bits per heavy atom. The number of nitrogens with one attached hydrogen (secondary N) is 1. The minimum Gasteiger partial charge on any atom is -0.481 e. The summed E-state index contributed by atoms with van der Waals surface area (Å²) in [6, 6.07) is 10.1. The summed E-state index contributed by atoms with van der Waals surface area (Å²) in [5.41, 5.74) is 1.35. The van der Waals surface area contributed by atoms with E-state index in [9.17, 15) is 24.3 Å². The van der Waals surface area contributed by atoms with Gasteiger partial charge in [-0.15, -0.1) is 0 Å². The highest BCUT2D eigenvalue weighted by Crippen LogP contribution is 2.23. The number of aromatic nitrogens is 2. The number of carboxylic acids is 1. The molecule has 1 aromatic carbocycles. The van der Waals surface area contributed by atoms with E-state index < -0.39 is 29.9 Å².